The van der Waals surface area contributed by atoms with E-state index in [1.165, 1.54) is 0 Å². The number of fused-ring (bicyclic) bond motifs is 1. The third kappa shape index (κ3) is 3.65. The third-order valence-electron chi connectivity index (χ3n) is 4.87. The summed E-state index contributed by atoms with van der Waals surface area (Å²) in [6, 6.07) is 3.60. The Morgan fingerprint density at radius 2 is 2.33 bits per heavy atom. The minimum Gasteiger partial charge on any atom is -0.493 e. The van der Waals surface area contributed by atoms with Crippen molar-refractivity contribution in [1.82, 2.24) is 10.6 Å². The molecule has 1 saturated heterocycles. The van der Waals surface area contributed by atoms with Crippen LogP contribution in [0.5, 0.6) is 11.5 Å². The van der Waals surface area contributed by atoms with Gasteiger partial charge < -0.3 is 25.2 Å². The molecular weight excluding hydrogens is 308 g/mol. The molecule has 3 N–H and O–H groups in total. The Bertz CT molecular complexity index is 591. The van der Waals surface area contributed by atoms with Crippen molar-refractivity contribution in [2.45, 2.75) is 31.8 Å². The molecule has 132 valence electrons. The van der Waals surface area contributed by atoms with Gasteiger partial charge in [0, 0.05) is 30.1 Å². The molecule has 24 heavy (non-hydrogen) atoms. The number of aliphatic hydroxyl groups excluding tert-OH is 1. The summed E-state index contributed by atoms with van der Waals surface area (Å²) in [5.74, 6) is 1.37. The highest BCUT2D eigenvalue weighted by atomic mass is 16.5. The molecule has 0 spiro atoms. The van der Waals surface area contributed by atoms with Crippen LogP contribution in [-0.2, 0) is 6.42 Å². The predicted molar refractivity (Wildman–Crippen MR) is 90.7 cm³/mol. The Morgan fingerprint density at radius 1 is 1.46 bits per heavy atom. The number of aliphatic hydroxyl groups is 1. The van der Waals surface area contributed by atoms with Crippen molar-refractivity contribution in [3.63, 3.8) is 0 Å². The maximum Gasteiger partial charge on any atom is 0.251 e. The molecule has 6 heteroatoms. The summed E-state index contributed by atoms with van der Waals surface area (Å²) in [5, 5.41) is 16.1. The largest absolute Gasteiger partial charge is 0.493 e. The maximum absolute atomic E-state index is 12.7. The van der Waals surface area contributed by atoms with Gasteiger partial charge in [0.1, 0.15) is 0 Å². The van der Waals surface area contributed by atoms with E-state index in [2.05, 4.69) is 10.6 Å². The summed E-state index contributed by atoms with van der Waals surface area (Å²) >= 11 is 0. The minimum atomic E-state index is -0.407. The second-order valence-corrected chi connectivity index (χ2v) is 6.46. The zero-order chi connectivity index (χ0) is 16.9. The molecule has 1 amide bonds. The average molecular weight is 334 g/mol. The van der Waals surface area contributed by atoms with E-state index < -0.39 is 6.10 Å². The van der Waals surface area contributed by atoms with Crippen LogP contribution in [0.1, 0.15) is 35.2 Å². The first-order valence-electron chi connectivity index (χ1n) is 8.70. The van der Waals surface area contributed by atoms with E-state index in [9.17, 15) is 9.90 Å². The predicted octanol–water partition coefficient (Wildman–Crippen LogP) is 1.11. The standard InChI is InChI=1S/C18H26N2O4/c1-23-16-6-5-14(13-4-2-3-9-24-17(13)16)18(22)20-10-12-7-8-19-11-15(12)21/h5-6,12,15,19,21H,2-4,7-11H2,1H3,(H,20,22)/t12-,15-/m1/s1. The van der Waals surface area contributed by atoms with Gasteiger partial charge in [-0.05, 0) is 44.4 Å². The van der Waals surface area contributed by atoms with E-state index in [0.717, 1.165) is 37.8 Å². The minimum absolute atomic E-state index is 0.100. The molecule has 0 radical (unpaired) electrons. The van der Waals surface area contributed by atoms with Gasteiger partial charge >= 0.3 is 0 Å². The molecule has 1 aromatic carbocycles. The number of hydrogen-bond donors (Lipinski definition) is 3. The van der Waals surface area contributed by atoms with Crippen LogP contribution in [0.25, 0.3) is 0 Å². The number of rotatable bonds is 4. The number of methoxy groups -OCH3 is 1. The Hall–Kier alpha value is -1.79. The van der Waals surface area contributed by atoms with Gasteiger partial charge in [0.25, 0.3) is 5.91 Å². The van der Waals surface area contributed by atoms with Crippen molar-refractivity contribution < 1.29 is 19.4 Å². The summed E-state index contributed by atoms with van der Waals surface area (Å²) in [6.07, 6.45) is 3.24. The molecule has 2 aliphatic heterocycles. The average Bonchev–Trinajstić information content (AvgIpc) is 2.86. The Kier molecular flexibility index (Phi) is 5.58. The van der Waals surface area contributed by atoms with Gasteiger partial charge in [-0.25, -0.2) is 0 Å². The molecule has 0 unspecified atom stereocenters. The summed E-state index contributed by atoms with van der Waals surface area (Å²) < 4.78 is 11.2. The lowest BCUT2D eigenvalue weighted by atomic mass is 9.94. The van der Waals surface area contributed by atoms with Gasteiger partial charge in [0.05, 0.1) is 19.8 Å². The lowest BCUT2D eigenvalue weighted by Crippen LogP contribution is -2.45. The highest BCUT2D eigenvalue weighted by Crippen LogP contribution is 2.36. The van der Waals surface area contributed by atoms with Gasteiger partial charge in [0.2, 0.25) is 0 Å². The zero-order valence-electron chi connectivity index (χ0n) is 14.1. The molecule has 6 nitrogen and oxygen atoms in total. The number of benzene rings is 1. The second-order valence-electron chi connectivity index (χ2n) is 6.46. The van der Waals surface area contributed by atoms with Gasteiger partial charge in [0.15, 0.2) is 11.5 Å². The first-order chi connectivity index (χ1) is 11.7. The van der Waals surface area contributed by atoms with Crippen molar-refractivity contribution in [2.75, 3.05) is 33.4 Å². The van der Waals surface area contributed by atoms with Crippen molar-refractivity contribution in [1.29, 1.82) is 0 Å². The third-order valence-corrected chi connectivity index (χ3v) is 4.87. The Labute approximate surface area is 142 Å². The molecule has 2 atom stereocenters. The Morgan fingerprint density at radius 3 is 3.12 bits per heavy atom. The molecule has 0 saturated carbocycles. The van der Waals surface area contributed by atoms with E-state index in [1.54, 1.807) is 19.2 Å². The van der Waals surface area contributed by atoms with Crippen molar-refractivity contribution >= 4 is 5.91 Å². The molecule has 2 aliphatic rings. The number of nitrogens with one attached hydrogen (secondary N) is 2. The van der Waals surface area contributed by atoms with Crippen LogP contribution in [0, 0.1) is 5.92 Å². The van der Waals surface area contributed by atoms with Crippen molar-refractivity contribution in [3.8, 4) is 11.5 Å². The van der Waals surface area contributed by atoms with Crippen molar-refractivity contribution in [2.24, 2.45) is 5.92 Å². The monoisotopic (exact) mass is 334 g/mol. The molecular formula is C18H26N2O4. The first kappa shape index (κ1) is 17.0. The molecule has 3 rings (SSSR count). The second kappa shape index (κ2) is 7.85. The summed E-state index contributed by atoms with van der Waals surface area (Å²) in [4.78, 5) is 12.7. The fourth-order valence-electron chi connectivity index (χ4n) is 3.42. The zero-order valence-corrected chi connectivity index (χ0v) is 14.1. The maximum atomic E-state index is 12.7. The molecule has 1 fully saturated rings. The van der Waals surface area contributed by atoms with Crippen molar-refractivity contribution in [3.05, 3.63) is 23.3 Å². The topological polar surface area (TPSA) is 79.8 Å². The van der Waals surface area contributed by atoms with E-state index in [0.29, 0.717) is 36.8 Å². The number of amides is 1. The van der Waals surface area contributed by atoms with Crippen LogP contribution >= 0.6 is 0 Å². The normalized spacial score (nSPS) is 23.6. The fourth-order valence-corrected chi connectivity index (χ4v) is 3.42. The molecule has 0 aliphatic carbocycles. The number of ether oxygens (including phenoxy) is 2. The summed E-state index contributed by atoms with van der Waals surface area (Å²) in [6.45, 7) is 2.61. The lowest BCUT2D eigenvalue weighted by molar-refractivity contribution is 0.0753. The van der Waals surface area contributed by atoms with Gasteiger partial charge in [-0.15, -0.1) is 0 Å². The van der Waals surface area contributed by atoms with Crippen LogP contribution in [0.3, 0.4) is 0 Å². The van der Waals surface area contributed by atoms with Gasteiger partial charge in [-0.2, -0.15) is 0 Å². The molecule has 1 aromatic rings. The van der Waals surface area contributed by atoms with Crippen LogP contribution in [0.4, 0.5) is 0 Å². The molecule has 2 heterocycles. The number of β-amino-alcohol motifs (C(OH)–C–C–N with tert-alkyl or cyclic N) is 1. The number of hydrogen-bond acceptors (Lipinski definition) is 5. The Balaban J connectivity index is 1.74. The van der Waals surface area contributed by atoms with E-state index in [1.807, 2.05) is 0 Å². The summed E-state index contributed by atoms with van der Waals surface area (Å²) in [7, 11) is 1.61. The summed E-state index contributed by atoms with van der Waals surface area (Å²) in [5.41, 5.74) is 1.58. The smallest absolute Gasteiger partial charge is 0.251 e. The van der Waals surface area contributed by atoms with Gasteiger partial charge in [-0.3, -0.25) is 4.79 Å². The number of carbonyl (C=O) groups is 1. The first-order valence-corrected chi connectivity index (χ1v) is 8.70. The molecule has 0 bridgehead atoms. The van der Waals surface area contributed by atoms with E-state index in [-0.39, 0.29) is 11.8 Å². The number of carbonyl (C=O) groups excluding carboxylic acids is 1. The lowest BCUT2D eigenvalue weighted by Gasteiger charge is -2.28. The van der Waals surface area contributed by atoms with Crippen LogP contribution in [-0.4, -0.2) is 50.5 Å². The fraction of sp³-hybridized carbons (Fsp3) is 0.611. The SMILES string of the molecule is COc1ccc(C(=O)NC[C@H]2CCNC[C@H]2O)c2c1OCCCC2. The number of piperidine rings is 1. The highest BCUT2D eigenvalue weighted by molar-refractivity contribution is 5.96. The highest BCUT2D eigenvalue weighted by Gasteiger charge is 2.25. The van der Waals surface area contributed by atoms with Gasteiger partial charge in [-0.1, -0.05) is 0 Å². The molecule has 0 aromatic heterocycles. The quantitative estimate of drug-likeness (QED) is 0.769. The van der Waals surface area contributed by atoms with Crippen LogP contribution < -0.4 is 20.1 Å². The van der Waals surface area contributed by atoms with Crippen LogP contribution in [0.2, 0.25) is 0 Å². The van der Waals surface area contributed by atoms with E-state index in [4.69, 9.17) is 9.47 Å². The van der Waals surface area contributed by atoms with E-state index >= 15 is 0 Å². The van der Waals surface area contributed by atoms with Crippen LogP contribution in [0.15, 0.2) is 12.1 Å².